The maximum Gasteiger partial charge on any atom is 0.343 e. The van der Waals surface area contributed by atoms with Crippen molar-refractivity contribution in [2.75, 3.05) is 11.6 Å². The van der Waals surface area contributed by atoms with Crippen LogP contribution in [0.25, 0.3) is 0 Å². The largest absolute Gasteiger partial charge is 0.480 e. The van der Waals surface area contributed by atoms with Gasteiger partial charge in [0.1, 0.15) is 12.1 Å². The van der Waals surface area contributed by atoms with E-state index in [-0.39, 0.29) is 33.7 Å². The van der Waals surface area contributed by atoms with Crippen LogP contribution in [0.2, 0.25) is 15.1 Å². The van der Waals surface area contributed by atoms with Crippen LogP contribution in [0.4, 0.5) is 0 Å². The lowest BCUT2D eigenvalue weighted by Gasteiger charge is -2.23. The SMILES string of the molecule is CC(=O)N1CSC[C@@H]1C(=O)N[C@@H](Cc1ccc(C(=O)Oc2c(Cl)cc(Cl)cc2Cl)cc1)C(=O)O. The van der Waals surface area contributed by atoms with E-state index in [1.807, 2.05) is 0 Å². The molecule has 8 nitrogen and oxygen atoms in total. The average Bonchev–Trinajstić information content (AvgIpc) is 3.26. The highest BCUT2D eigenvalue weighted by atomic mass is 35.5. The van der Waals surface area contributed by atoms with Crippen LogP contribution < -0.4 is 10.1 Å². The molecule has 1 saturated heterocycles. The number of benzene rings is 2. The van der Waals surface area contributed by atoms with Gasteiger partial charge in [0.25, 0.3) is 0 Å². The minimum absolute atomic E-state index is 0.0226. The molecule has 12 heteroatoms. The Hall–Kier alpha value is -2.46. The quantitative estimate of drug-likeness (QED) is 0.401. The fourth-order valence-corrected chi connectivity index (χ4v) is 5.34. The molecule has 2 N–H and O–H groups in total. The molecule has 2 atom stereocenters. The minimum Gasteiger partial charge on any atom is -0.480 e. The number of ether oxygens (including phenoxy) is 1. The number of hydrogen-bond donors (Lipinski definition) is 2. The Balaban J connectivity index is 1.66. The van der Waals surface area contributed by atoms with E-state index in [4.69, 9.17) is 39.5 Å². The van der Waals surface area contributed by atoms with E-state index >= 15 is 0 Å². The van der Waals surface area contributed by atoms with Gasteiger partial charge in [-0.25, -0.2) is 9.59 Å². The van der Waals surface area contributed by atoms with Crippen LogP contribution >= 0.6 is 46.6 Å². The Morgan fingerprint density at radius 2 is 1.76 bits per heavy atom. The van der Waals surface area contributed by atoms with Crippen molar-refractivity contribution in [3.05, 3.63) is 62.6 Å². The van der Waals surface area contributed by atoms with Gasteiger partial charge in [0, 0.05) is 24.1 Å². The predicted molar refractivity (Wildman–Crippen MR) is 130 cm³/mol. The van der Waals surface area contributed by atoms with Crippen LogP contribution in [0.3, 0.4) is 0 Å². The second kappa shape index (κ2) is 11.3. The van der Waals surface area contributed by atoms with E-state index in [1.165, 1.54) is 47.9 Å². The number of rotatable bonds is 7. The summed E-state index contributed by atoms with van der Waals surface area (Å²) in [4.78, 5) is 49.9. The van der Waals surface area contributed by atoms with Gasteiger partial charge >= 0.3 is 11.9 Å². The molecule has 2 aromatic rings. The Kier molecular flexibility index (Phi) is 8.70. The van der Waals surface area contributed by atoms with Crippen LogP contribution in [-0.4, -0.2) is 57.5 Å². The van der Waals surface area contributed by atoms with Gasteiger partial charge in [-0.2, -0.15) is 0 Å². The third-order valence-corrected chi connectivity index (χ3v) is 6.78. The number of hydrogen-bond acceptors (Lipinski definition) is 6. The molecule has 0 spiro atoms. The molecular weight excluding hydrogens is 527 g/mol. The number of nitrogens with one attached hydrogen (secondary N) is 1. The number of carboxylic acid groups (broad SMARTS) is 1. The number of aliphatic carboxylic acids is 1. The van der Waals surface area contributed by atoms with Gasteiger partial charge in [0.15, 0.2) is 5.75 Å². The van der Waals surface area contributed by atoms with Gasteiger partial charge < -0.3 is 20.1 Å². The zero-order valence-electron chi connectivity index (χ0n) is 17.7. The number of halogens is 3. The van der Waals surface area contributed by atoms with Crippen LogP contribution in [0.5, 0.6) is 5.75 Å². The van der Waals surface area contributed by atoms with Gasteiger partial charge in [0.2, 0.25) is 11.8 Å². The van der Waals surface area contributed by atoms with Gasteiger partial charge in [0.05, 0.1) is 21.5 Å². The second-order valence-corrected chi connectivity index (χ2v) is 9.64. The number of nitrogens with zero attached hydrogens (tertiary/aromatic N) is 1. The van der Waals surface area contributed by atoms with Crippen molar-refractivity contribution in [3.8, 4) is 5.75 Å². The summed E-state index contributed by atoms with van der Waals surface area (Å²) in [6, 6.07) is 6.88. The third-order valence-electron chi connectivity index (χ3n) is 4.99. The minimum atomic E-state index is -1.22. The monoisotopic (exact) mass is 544 g/mol. The molecule has 34 heavy (non-hydrogen) atoms. The topological polar surface area (TPSA) is 113 Å². The lowest BCUT2D eigenvalue weighted by molar-refractivity contribution is -0.143. The molecule has 180 valence electrons. The molecule has 2 amide bonds. The first-order chi connectivity index (χ1) is 16.1. The molecule has 2 aromatic carbocycles. The van der Waals surface area contributed by atoms with Gasteiger partial charge in [-0.1, -0.05) is 46.9 Å². The molecule has 0 aliphatic carbocycles. The number of carbonyl (C=O) groups excluding carboxylic acids is 3. The molecule has 0 bridgehead atoms. The molecule has 1 aliphatic heterocycles. The molecular formula is C22H19Cl3N2O6S. The zero-order chi connectivity index (χ0) is 25.0. The Bertz CT molecular complexity index is 1110. The van der Waals surface area contributed by atoms with Gasteiger partial charge in [-0.3, -0.25) is 9.59 Å². The third kappa shape index (κ3) is 6.35. The summed E-state index contributed by atoms with van der Waals surface area (Å²) in [6.45, 7) is 1.36. The van der Waals surface area contributed by atoms with Crippen molar-refractivity contribution in [2.45, 2.75) is 25.4 Å². The van der Waals surface area contributed by atoms with Crippen molar-refractivity contribution >= 4 is 70.3 Å². The summed E-state index contributed by atoms with van der Waals surface area (Å²) in [5.74, 6) is -1.95. The van der Waals surface area contributed by atoms with Crippen molar-refractivity contribution in [3.63, 3.8) is 0 Å². The number of thioether (sulfide) groups is 1. The Morgan fingerprint density at radius 3 is 2.32 bits per heavy atom. The molecule has 0 aromatic heterocycles. The molecule has 3 rings (SSSR count). The lowest BCUT2D eigenvalue weighted by atomic mass is 10.0. The van der Waals surface area contributed by atoms with Crippen LogP contribution in [0.15, 0.2) is 36.4 Å². The average molecular weight is 546 g/mol. The lowest BCUT2D eigenvalue weighted by Crippen LogP contribution is -2.52. The van der Waals surface area contributed by atoms with E-state index in [1.54, 1.807) is 12.1 Å². The fourth-order valence-electron chi connectivity index (χ4n) is 3.23. The molecule has 0 unspecified atom stereocenters. The Labute approximate surface area is 214 Å². The van der Waals surface area contributed by atoms with Crippen LogP contribution in [0, 0.1) is 0 Å². The van der Waals surface area contributed by atoms with E-state index in [9.17, 15) is 24.3 Å². The van der Waals surface area contributed by atoms with Crippen LogP contribution in [0.1, 0.15) is 22.8 Å². The number of carboxylic acids is 1. The van der Waals surface area contributed by atoms with E-state index < -0.39 is 29.9 Å². The smallest absolute Gasteiger partial charge is 0.343 e. The molecule has 0 radical (unpaired) electrons. The van der Waals surface area contributed by atoms with E-state index in [0.717, 1.165) is 0 Å². The maximum absolute atomic E-state index is 12.6. The Morgan fingerprint density at radius 1 is 1.15 bits per heavy atom. The number of esters is 1. The fraction of sp³-hybridized carbons (Fsp3) is 0.273. The highest BCUT2D eigenvalue weighted by Crippen LogP contribution is 2.36. The first kappa shape index (κ1) is 26.2. The summed E-state index contributed by atoms with van der Waals surface area (Å²) in [6.07, 6.45) is -0.0226. The normalized spacial score (nSPS) is 16.1. The molecule has 1 aliphatic rings. The summed E-state index contributed by atoms with van der Waals surface area (Å²) in [7, 11) is 0. The van der Waals surface area contributed by atoms with Crippen LogP contribution in [-0.2, 0) is 20.8 Å². The summed E-state index contributed by atoms with van der Waals surface area (Å²) >= 11 is 19.3. The number of carbonyl (C=O) groups is 4. The van der Waals surface area contributed by atoms with Gasteiger partial charge in [-0.15, -0.1) is 11.8 Å². The summed E-state index contributed by atoms with van der Waals surface area (Å²) < 4.78 is 5.27. The summed E-state index contributed by atoms with van der Waals surface area (Å²) in [5, 5.41) is 12.5. The maximum atomic E-state index is 12.6. The highest BCUT2D eigenvalue weighted by Gasteiger charge is 2.35. The first-order valence-electron chi connectivity index (χ1n) is 9.90. The molecule has 1 fully saturated rings. The first-order valence-corrected chi connectivity index (χ1v) is 12.2. The van der Waals surface area contributed by atoms with Crippen molar-refractivity contribution < 1.29 is 29.0 Å². The second-order valence-electron chi connectivity index (χ2n) is 7.39. The van der Waals surface area contributed by atoms with Gasteiger partial charge in [-0.05, 0) is 29.8 Å². The van der Waals surface area contributed by atoms with Crippen molar-refractivity contribution in [1.82, 2.24) is 10.2 Å². The summed E-state index contributed by atoms with van der Waals surface area (Å²) in [5.41, 5.74) is 0.748. The number of amides is 2. The zero-order valence-corrected chi connectivity index (χ0v) is 20.8. The molecule has 1 heterocycles. The van der Waals surface area contributed by atoms with Crippen molar-refractivity contribution in [1.29, 1.82) is 0 Å². The van der Waals surface area contributed by atoms with Crippen molar-refractivity contribution in [2.24, 2.45) is 0 Å². The highest BCUT2D eigenvalue weighted by molar-refractivity contribution is 7.99. The predicted octanol–water partition coefficient (Wildman–Crippen LogP) is 3.90. The van der Waals surface area contributed by atoms with E-state index in [0.29, 0.717) is 22.2 Å². The van der Waals surface area contributed by atoms with E-state index in [2.05, 4.69) is 5.32 Å². The molecule has 0 saturated carbocycles. The standard InChI is InChI=1S/C22H19Cl3N2O6S/c1-11(28)27-10-34-9-18(27)20(29)26-17(21(30)31)6-12-2-4-13(5-3-12)22(32)33-19-15(24)7-14(23)8-16(19)25/h2-5,7-8,17-18H,6,9-10H2,1H3,(H,26,29)(H,30,31)/t17-,18+/m0/s1.